The molecule has 0 radical (unpaired) electrons. The molecule has 1 aromatic carbocycles. The van der Waals surface area contributed by atoms with Gasteiger partial charge in [0.2, 0.25) is 0 Å². The van der Waals surface area contributed by atoms with Gasteiger partial charge in [0.05, 0.1) is 0 Å². The summed E-state index contributed by atoms with van der Waals surface area (Å²) in [5, 5.41) is 8.90. The lowest BCUT2D eigenvalue weighted by Crippen LogP contribution is -2.32. The highest BCUT2D eigenvalue weighted by Crippen LogP contribution is 2.32. The fourth-order valence-electron chi connectivity index (χ4n) is 0.950. The molecule has 1 N–H and O–H groups in total. The largest absolute Gasteiger partial charge is 0.386 e. The molecule has 0 bridgehead atoms. The van der Waals surface area contributed by atoms with Crippen LogP contribution in [0.15, 0.2) is 30.3 Å². The maximum Gasteiger partial charge on any atom is 0.299 e. The number of hydrogen-bond donors (Lipinski definition) is 1. The van der Waals surface area contributed by atoms with Gasteiger partial charge in [0.15, 0.2) is 0 Å². The minimum atomic E-state index is -3.19. The predicted molar refractivity (Wildman–Crippen MR) is 50.1 cm³/mol. The van der Waals surface area contributed by atoms with Gasteiger partial charge in [-0.25, -0.2) is 0 Å². The van der Waals surface area contributed by atoms with Crippen molar-refractivity contribution in [3.05, 3.63) is 35.9 Å². The normalized spacial score (nSPS) is 14.2. The molecule has 1 nitrogen and oxygen atoms in total. The Labute approximate surface area is 83.5 Å². The first kappa shape index (κ1) is 10.6. The van der Waals surface area contributed by atoms with Gasteiger partial charge in [-0.1, -0.05) is 46.3 Å². The number of alkyl halides is 3. The Hall–Kier alpha value is -0.480. The van der Waals surface area contributed by atoms with E-state index in [1.54, 1.807) is 6.07 Å². The first-order valence-corrected chi connectivity index (χ1v) is 4.88. The second-order valence-corrected chi connectivity index (χ2v) is 3.31. The predicted octanol–water partition coefficient (Wildman–Crippen LogP) is 2.53. The molecule has 0 amide bonds. The van der Waals surface area contributed by atoms with Gasteiger partial charge in [-0.3, -0.25) is 0 Å². The summed E-state index contributed by atoms with van der Waals surface area (Å²) in [6, 6.07) is 7.28. The van der Waals surface area contributed by atoms with E-state index in [-0.39, 0.29) is 10.9 Å². The maximum absolute atomic E-state index is 13.3. The van der Waals surface area contributed by atoms with Crippen LogP contribution >= 0.6 is 15.9 Å². The third kappa shape index (κ3) is 2.25. The van der Waals surface area contributed by atoms with E-state index >= 15 is 0 Å². The summed E-state index contributed by atoms with van der Waals surface area (Å²) >= 11 is 2.82. The second-order valence-electron chi connectivity index (χ2n) is 2.66. The first-order valence-electron chi connectivity index (χ1n) is 3.76. The molecule has 0 aromatic heterocycles. The lowest BCUT2D eigenvalue weighted by molar-refractivity contribution is -0.103. The van der Waals surface area contributed by atoms with Crippen LogP contribution in [0.5, 0.6) is 0 Å². The smallest absolute Gasteiger partial charge is 0.299 e. The molecule has 0 aliphatic carbocycles. The molecular weight excluding hydrogens is 242 g/mol. The van der Waals surface area contributed by atoms with Gasteiger partial charge in [0, 0.05) is 10.9 Å². The van der Waals surface area contributed by atoms with Crippen molar-refractivity contribution >= 4 is 15.9 Å². The lowest BCUT2D eigenvalue weighted by atomic mass is 10.0. The van der Waals surface area contributed by atoms with Crippen LogP contribution in [0.1, 0.15) is 5.56 Å². The average Bonchev–Trinajstić information content (AvgIpc) is 2.18. The molecule has 13 heavy (non-hydrogen) atoms. The van der Waals surface area contributed by atoms with Crippen LogP contribution in [0.4, 0.5) is 8.78 Å². The van der Waals surface area contributed by atoms with Crippen LogP contribution in [0.25, 0.3) is 0 Å². The zero-order valence-corrected chi connectivity index (χ0v) is 8.34. The Morgan fingerprint density at radius 3 is 2.31 bits per heavy atom. The van der Waals surface area contributed by atoms with Crippen LogP contribution in [0.2, 0.25) is 0 Å². The van der Waals surface area contributed by atoms with Crippen molar-refractivity contribution in [2.45, 2.75) is 12.0 Å². The first-order chi connectivity index (χ1) is 6.09. The Kier molecular flexibility index (Phi) is 3.39. The SMILES string of the molecule is OC(CBr)C(F)(F)c1ccccc1. The number of rotatable bonds is 3. The highest BCUT2D eigenvalue weighted by atomic mass is 79.9. The van der Waals surface area contributed by atoms with Crippen molar-refractivity contribution in [2.75, 3.05) is 5.33 Å². The van der Waals surface area contributed by atoms with E-state index in [2.05, 4.69) is 15.9 Å². The van der Waals surface area contributed by atoms with Gasteiger partial charge in [-0.05, 0) is 0 Å². The Morgan fingerprint density at radius 1 is 1.31 bits per heavy atom. The van der Waals surface area contributed by atoms with Crippen LogP contribution in [0.3, 0.4) is 0 Å². The summed E-state index contributed by atoms with van der Waals surface area (Å²) in [6.45, 7) is 0. The Balaban J connectivity index is 2.93. The molecule has 0 spiro atoms. The van der Waals surface area contributed by atoms with Crippen molar-refractivity contribution in [3.63, 3.8) is 0 Å². The van der Waals surface area contributed by atoms with Crippen molar-refractivity contribution in [3.8, 4) is 0 Å². The number of aliphatic hydroxyl groups is 1. The van der Waals surface area contributed by atoms with Gasteiger partial charge in [0.1, 0.15) is 6.10 Å². The third-order valence-electron chi connectivity index (χ3n) is 1.72. The number of halogens is 3. The number of hydrogen-bond acceptors (Lipinski definition) is 1. The standard InChI is InChI=1S/C9H9BrF2O/c10-6-8(13)9(11,12)7-4-2-1-3-5-7/h1-5,8,13H,6H2. The molecule has 1 atom stereocenters. The molecule has 4 heteroatoms. The van der Waals surface area contributed by atoms with Gasteiger partial charge < -0.3 is 5.11 Å². The van der Waals surface area contributed by atoms with Crippen molar-refractivity contribution < 1.29 is 13.9 Å². The highest BCUT2D eigenvalue weighted by molar-refractivity contribution is 9.09. The van der Waals surface area contributed by atoms with Crippen LogP contribution < -0.4 is 0 Å². The minimum absolute atomic E-state index is 0.144. The van der Waals surface area contributed by atoms with Crippen LogP contribution in [0, 0.1) is 0 Å². The second kappa shape index (κ2) is 4.15. The van der Waals surface area contributed by atoms with Gasteiger partial charge in [-0.2, -0.15) is 8.78 Å². The summed E-state index contributed by atoms with van der Waals surface area (Å²) < 4.78 is 26.5. The summed E-state index contributed by atoms with van der Waals surface area (Å²) in [7, 11) is 0. The van der Waals surface area contributed by atoms with Crippen molar-refractivity contribution in [1.29, 1.82) is 0 Å². The van der Waals surface area contributed by atoms with Gasteiger partial charge in [0.25, 0.3) is 5.92 Å². The molecule has 0 fully saturated rings. The van der Waals surface area contributed by atoms with Crippen molar-refractivity contribution in [1.82, 2.24) is 0 Å². The molecule has 0 aliphatic rings. The van der Waals surface area contributed by atoms with Crippen LogP contribution in [-0.4, -0.2) is 16.5 Å². The van der Waals surface area contributed by atoms with E-state index in [0.29, 0.717) is 0 Å². The topological polar surface area (TPSA) is 20.2 Å². The maximum atomic E-state index is 13.3. The quantitative estimate of drug-likeness (QED) is 0.818. The van der Waals surface area contributed by atoms with E-state index in [9.17, 15) is 8.78 Å². The Bertz CT molecular complexity index is 264. The molecule has 0 saturated carbocycles. The molecular formula is C9H9BrF2O. The molecule has 0 saturated heterocycles. The van der Waals surface area contributed by atoms with E-state index in [4.69, 9.17) is 5.11 Å². The number of benzene rings is 1. The summed E-state index contributed by atoms with van der Waals surface area (Å²) in [4.78, 5) is 0. The minimum Gasteiger partial charge on any atom is -0.386 e. The summed E-state index contributed by atoms with van der Waals surface area (Å²) in [5.74, 6) is -3.19. The summed E-state index contributed by atoms with van der Waals surface area (Å²) in [6.07, 6.45) is -1.69. The summed E-state index contributed by atoms with van der Waals surface area (Å²) in [5.41, 5.74) is -0.165. The molecule has 72 valence electrons. The van der Waals surface area contributed by atoms with Crippen LogP contribution in [-0.2, 0) is 5.92 Å². The van der Waals surface area contributed by atoms with Gasteiger partial charge in [-0.15, -0.1) is 0 Å². The molecule has 0 aliphatic heterocycles. The number of aliphatic hydroxyl groups excluding tert-OH is 1. The Morgan fingerprint density at radius 2 is 1.85 bits per heavy atom. The lowest BCUT2D eigenvalue weighted by Gasteiger charge is -2.20. The molecule has 1 rings (SSSR count). The average molecular weight is 251 g/mol. The zero-order chi connectivity index (χ0) is 9.90. The van der Waals surface area contributed by atoms with Crippen molar-refractivity contribution in [2.24, 2.45) is 0 Å². The van der Waals surface area contributed by atoms with E-state index < -0.39 is 12.0 Å². The van der Waals surface area contributed by atoms with Gasteiger partial charge >= 0.3 is 0 Å². The monoisotopic (exact) mass is 250 g/mol. The zero-order valence-electron chi connectivity index (χ0n) is 6.75. The third-order valence-corrected chi connectivity index (χ3v) is 2.34. The molecule has 1 aromatic rings. The fraction of sp³-hybridized carbons (Fsp3) is 0.333. The highest BCUT2D eigenvalue weighted by Gasteiger charge is 2.39. The fourth-order valence-corrected chi connectivity index (χ4v) is 1.36. The van der Waals surface area contributed by atoms with E-state index in [1.165, 1.54) is 24.3 Å². The van der Waals surface area contributed by atoms with E-state index in [1.807, 2.05) is 0 Å². The molecule has 0 heterocycles. The van der Waals surface area contributed by atoms with E-state index in [0.717, 1.165) is 0 Å². The molecule has 1 unspecified atom stereocenters.